The van der Waals surface area contributed by atoms with Crippen LogP contribution in [0.1, 0.15) is 41.0 Å². The van der Waals surface area contributed by atoms with Gasteiger partial charge in [-0.2, -0.15) is 4.98 Å². The monoisotopic (exact) mass is 305 g/mol. The molecule has 120 valence electrons. The summed E-state index contributed by atoms with van der Waals surface area (Å²) in [5.41, 5.74) is 6.31. The summed E-state index contributed by atoms with van der Waals surface area (Å²) in [5.74, 6) is -0.340. The normalized spacial score (nSPS) is 26.6. The van der Waals surface area contributed by atoms with Crippen molar-refractivity contribution in [3.63, 3.8) is 0 Å². The smallest absolute Gasteiger partial charge is 0.222 e. The van der Waals surface area contributed by atoms with Crippen molar-refractivity contribution in [2.45, 2.75) is 64.6 Å². The molecule has 3 heterocycles. The maximum Gasteiger partial charge on any atom is 0.222 e. The van der Waals surface area contributed by atoms with Crippen LogP contribution in [-0.4, -0.2) is 36.5 Å². The molecule has 3 rings (SSSR count). The van der Waals surface area contributed by atoms with Gasteiger partial charge in [-0.3, -0.25) is 0 Å². The highest BCUT2D eigenvalue weighted by atomic mass is 16.8. The van der Waals surface area contributed by atoms with E-state index in [4.69, 9.17) is 15.2 Å². The Bertz CT molecular complexity index is 709. The van der Waals surface area contributed by atoms with E-state index in [1.54, 1.807) is 12.5 Å². The Labute approximate surface area is 129 Å². The van der Waals surface area contributed by atoms with Gasteiger partial charge in [-0.15, -0.1) is 0 Å². The van der Waals surface area contributed by atoms with Gasteiger partial charge in [-0.25, -0.2) is 9.97 Å². The molecule has 0 saturated carbocycles. The number of fused-ring (bicyclic) bond motifs is 1. The van der Waals surface area contributed by atoms with Crippen molar-refractivity contribution in [3.8, 4) is 0 Å². The molecule has 0 bridgehead atoms. The predicted molar refractivity (Wildman–Crippen MR) is 83.1 cm³/mol. The van der Waals surface area contributed by atoms with Crippen LogP contribution in [-0.2, 0) is 16.0 Å². The number of nitrogens with zero attached hydrogens (tertiary/aromatic N) is 4. The molecule has 0 radical (unpaired) electrons. The van der Waals surface area contributed by atoms with E-state index < -0.39 is 5.79 Å². The fraction of sp³-hybridized carbons (Fsp3) is 0.667. The van der Waals surface area contributed by atoms with Crippen LogP contribution in [0.3, 0.4) is 0 Å². The Kier molecular flexibility index (Phi) is 3.19. The summed E-state index contributed by atoms with van der Waals surface area (Å²) in [6.45, 7) is 10.9. The summed E-state index contributed by atoms with van der Waals surface area (Å²) in [6.07, 6.45) is 4.25. The maximum absolute atomic E-state index is 6.17. The molecule has 1 fully saturated rings. The summed E-state index contributed by atoms with van der Waals surface area (Å²) in [6, 6.07) is 0. The topological polar surface area (TPSA) is 88.1 Å². The fourth-order valence-corrected chi connectivity index (χ4v) is 3.14. The molecule has 2 N–H and O–H groups in total. The second kappa shape index (κ2) is 4.63. The molecule has 7 nitrogen and oxygen atoms in total. The summed E-state index contributed by atoms with van der Waals surface area (Å²) < 4.78 is 14.2. The van der Waals surface area contributed by atoms with Crippen LogP contribution >= 0.6 is 0 Å². The molecule has 1 unspecified atom stereocenters. The van der Waals surface area contributed by atoms with E-state index in [1.807, 2.05) is 18.4 Å². The van der Waals surface area contributed by atoms with E-state index in [9.17, 15) is 0 Å². The number of rotatable bonds is 3. The van der Waals surface area contributed by atoms with Gasteiger partial charge in [0.1, 0.15) is 5.52 Å². The van der Waals surface area contributed by atoms with Gasteiger partial charge in [-0.1, -0.05) is 0 Å². The van der Waals surface area contributed by atoms with Crippen molar-refractivity contribution in [1.82, 2.24) is 19.5 Å². The van der Waals surface area contributed by atoms with Crippen molar-refractivity contribution in [1.29, 1.82) is 0 Å². The molecule has 0 aromatic carbocycles. The van der Waals surface area contributed by atoms with E-state index in [0.29, 0.717) is 5.65 Å². The Balaban J connectivity index is 1.82. The molecule has 0 spiro atoms. The third kappa shape index (κ3) is 2.44. The van der Waals surface area contributed by atoms with Gasteiger partial charge in [0.25, 0.3) is 0 Å². The highest BCUT2D eigenvalue weighted by molar-refractivity contribution is 5.70. The summed E-state index contributed by atoms with van der Waals surface area (Å²) in [5, 5.41) is 0. The first-order chi connectivity index (χ1) is 10.1. The minimum absolute atomic E-state index is 0.236. The minimum Gasteiger partial charge on any atom is -0.368 e. The summed E-state index contributed by atoms with van der Waals surface area (Å²) in [7, 11) is 0. The van der Waals surface area contributed by atoms with Gasteiger partial charge < -0.3 is 19.8 Å². The van der Waals surface area contributed by atoms with Crippen LogP contribution in [0.25, 0.3) is 11.2 Å². The van der Waals surface area contributed by atoms with Gasteiger partial charge in [0.2, 0.25) is 5.95 Å². The molecule has 7 heteroatoms. The van der Waals surface area contributed by atoms with Crippen molar-refractivity contribution in [3.05, 3.63) is 12.5 Å². The zero-order valence-electron chi connectivity index (χ0n) is 13.8. The lowest BCUT2D eigenvalue weighted by atomic mass is 9.85. The Morgan fingerprint density at radius 1 is 1.14 bits per heavy atom. The summed E-state index contributed by atoms with van der Waals surface area (Å²) in [4.78, 5) is 12.4. The lowest BCUT2D eigenvalue weighted by molar-refractivity contribution is -0.166. The first kappa shape index (κ1) is 15.2. The van der Waals surface area contributed by atoms with Crippen LogP contribution in [0.4, 0.5) is 5.95 Å². The fourth-order valence-electron chi connectivity index (χ4n) is 3.14. The molecule has 2 aromatic heterocycles. The average Bonchev–Trinajstić information content (AvgIpc) is 2.82. The molecule has 0 aliphatic carbocycles. The highest BCUT2D eigenvalue weighted by Gasteiger charge is 2.55. The maximum atomic E-state index is 6.17. The highest BCUT2D eigenvalue weighted by Crippen LogP contribution is 2.45. The quantitative estimate of drug-likeness (QED) is 0.934. The van der Waals surface area contributed by atoms with E-state index in [-0.39, 0.29) is 17.2 Å². The molecule has 1 aliphatic heterocycles. The first-order valence-corrected chi connectivity index (χ1v) is 7.46. The second-order valence-electron chi connectivity index (χ2n) is 6.97. The van der Waals surface area contributed by atoms with E-state index >= 15 is 0 Å². The number of ether oxygens (including phenoxy) is 2. The Morgan fingerprint density at radius 2 is 1.86 bits per heavy atom. The Hall–Kier alpha value is -1.73. The zero-order chi connectivity index (χ0) is 16.2. The largest absolute Gasteiger partial charge is 0.368 e. The molecule has 22 heavy (non-hydrogen) atoms. The van der Waals surface area contributed by atoms with Crippen molar-refractivity contribution in [2.75, 3.05) is 5.73 Å². The molecule has 1 atom stereocenters. The molecular formula is C15H23N5O2. The van der Waals surface area contributed by atoms with Gasteiger partial charge >= 0.3 is 0 Å². The van der Waals surface area contributed by atoms with Crippen LogP contribution < -0.4 is 5.73 Å². The first-order valence-electron chi connectivity index (χ1n) is 7.46. The van der Waals surface area contributed by atoms with E-state index in [1.165, 1.54) is 0 Å². The van der Waals surface area contributed by atoms with E-state index in [0.717, 1.165) is 18.5 Å². The second-order valence-corrected chi connectivity index (χ2v) is 6.97. The molecule has 2 aromatic rings. The average molecular weight is 305 g/mol. The van der Waals surface area contributed by atoms with Gasteiger partial charge in [0.15, 0.2) is 11.4 Å². The van der Waals surface area contributed by atoms with Gasteiger partial charge in [-0.05, 0) is 41.0 Å². The van der Waals surface area contributed by atoms with Crippen LogP contribution in [0.2, 0.25) is 0 Å². The van der Waals surface area contributed by atoms with E-state index in [2.05, 4.69) is 35.7 Å². The number of imidazole rings is 1. The Morgan fingerprint density at radius 3 is 2.50 bits per heavy atom. The lowest BCUT2D eigenvalue weighted by Crippen LogP contribution is -2.45. The predicted octanol–water partition coefficient (Wildman–Crippen LogP) is 2.12. The molecule has 1 aliphatic rings. The standard InChI is InChI=1S/C15H23N5O2/c1-13(2)15(5,22-14(3,4)21-13)6-7-20-9-18-11-10(20)8-17-12(16)19-11/h8-9H,6-7H2,1-5H3,(H2,16,17,19). The summed E-state index contributed by atoms with van der Waals surface area (Å²) >= 11 is 0. The number of nitrogen functional groups attached to an aromatic ring is 1. The van der Waals surface area contributed by atoms with Crippen LogP contribution in [0.15, 0.2) is 12.5 Å². The van der Waals surface area contributed by atoms with Gasteiger partial charge in [0.05, 0.1) is 23.7 Å². The number of aromatic nitrogens is 4. The number of aryl methyl sites for hydroxylation is 1. The molecule has 0 amide bonds. The van der Waals surface area contributed by atoms with Crippen molar-refractivity contribution < 1.29 is 9.47 Å². The lowest BCUT2D eigenvalue weighted by Gasteiger charge is -2.34. The third-order valence-corrected chi connectivity index (χ3v) is 4.47. The van der Waals surface area contributed by atoms with Gasteiger partial charge in [0, 0.05) is 6.54 Å². The number of nitrogens with two attached hydrogens (primary N) is 1. The minimum atomic E-state index is -0.577. The van der Waals surface area contributed by atoms with Crippen LogP contribution in [0.5, 0.6) is 0 Å². The number of hydrogen-bond donors (Lipinski definition) is 1. The van der Waals surface area contributed by atoms with Crippen LogP contribution in [0, 0.1) is 0 Å². The third-order valence-electron chi connectivity index (χ3n) is 4.47. The van der Waals surface area contributed by atoms with Crippen molar-refractivity contribution >= 4 is 17.1 Å². The molecule has 1 saturated heterocycles. The van der Waals surface area contributed by atoms with Crippen molar-refractivity contribution in [2.24, 2.45) is 0 Å². The number of anilines is 1. The number of hydrogen-bond acceptors (Lipinski definition) is 6. The molecular weight excluding hydrogens is 282 g/mol. The SMILES string of the molecule is CC1(C)OC(C)(C)C(C)(CCn2cnc3nc(N)ncc32)O1. The zero-order valence-corrected chi connectivity index (χ0v) is 13.8.